The molecular weight excluding hydrogens is 238 g/mol. The van der Waals surface area contributed by atoms with E-state index in [0.29, 0.717) is 12.8 Å². The average Bonchev–Trinajstić information content (AvgIpc) is 2.40. The molecule has 0 saturated carbocycles. The van der Waals surface area contributed by atoms with E-state index in [-0.39, 0.29) is 12.1 Å². The largest absolute Gasteiger partial charge is 0.462 e. The number of ether oxygens (including phenoxy) is 1. The van der Waals surface area contributed by atoms with E-state index < -0.39 is 0 Å². The van der Waals surface area contributed by atoms with Gasteiger partial charge in [0.1, 0.15) is 6.10 Å². The summed E-state index contributed by atoms with van der Waals surface area (Å²) >= 11 is 0. The van der Waals surface area contributed by atoms with Crippen LogP contribution in [-0.4, -0.2) is 17.1 Å². The zero-order valence-electron chi connectivity index (χ0n) is 11.0. The summed E-state index contributed by atoms with van der Waals surface area (Å²) in [6.07, 6.45) is 2.54. The Hall–Kier alpha value is -2.16. The van der Waals surface area contributed by atoms with E-state index in [1.165, 1.54) is 0 Å². The Kier molecular flexibility index (Phi) is 4.67. The van der Waals surface area contributed by atoms with E-state index in [9.17, 15) is 4.79 Å². The van der Waals surface area contributed by atoms with Crippen molar-refractivity contribution >= 4 is 5.97 Å². The highest BCUT2D eigenvalue weighted by Crippen LogP contribution is 2.06. The molecule has 0 N–H and O–H groups in total. The number of pyridine rings is 1. The van der Waals surface area contributed by atoms with Gasteiger partial charge in [0.15, 0.2) is 0 Å². The monoisotopic (exact) mass is 255 g/mol. The number of carbonyl (C=O) groups is 1. The number of aromatic nitrogens is 1. The number of rotatable bonds is 5. The molecule has 0 aliphatic heterocycles. The second-order valence-electron chi connectivity index (χ2n) is 4.49. The summed E-state index contributed by atoms with van der Waals surface area (Å²) in [5, 5.41) is 0. The summed E-state index contributed by atoms with van der Waals surface area (Å²) in [4.78, 5) is 16.0. The van der Waals surface area contributed by atoms with Crippen LogP contribution >= 0.6 is 0 Å². The fourth-order valence-corrected chi connectivity index (χ4v) is 1.88. The summed E-state index contributed by atoms with van der Waals surface area (Å²) in [6, 6.07) is 15.3. The van der Waals surface area contributed by atoms with Gasteiger partial charge in [-0.15, -0.1) is 0 Å². The first-order chi connectivity index (χ1) is 9.24. The Morgan fingerprint density at radius 1 is 1.16 bits per heavy atom. The summed E-state index contributed by atoms with van der Waals surface area (Å²) in [5.41, 5.74) is 1.90. The molecule has 0 bridgehead atoms. The topological polar surface area (TPSA) is 39.2 Å². The van der Waals surface area contributed by atoms with E-state index >= 15 is 0 Å². The quantitative estimate of drug-likeness (QED) is 0.771. The lowest BCUT2D eigenvalue weighted by Gasteiger charge is -2.12. The lowest BCUT2D eigenvalue weighted by Crippen LogP contribution is -2.19. The molecule has 19 heavy (non-hydrogen) atoms. The molecule has 2 aromatic rings. The molecule has 98 valence electrons. The van der Waals surface area contributed by atoms with Crippen molar-refractivity contribution in [2.24, 2.45) is 0 Å². The van der Waals surface area contributed by atoms with Gasteiger partial charge in [-0.2, -0.15) is 0 Å². The maximum absolute atomic E-state index is 11.8. The Labute approximate surface area is 113 Å². The van der Waals surface area contributed by atoms with E-state index in [0.717, 1.165) is 11.3 Å². The summed E-state index contributed by atoms with van der Waals surface area (Å²) in [7, 11) is 0. The molecule has 0 radical (unpaired) electrons. The van der Waals surface area contributed by atoms with E-state index in [1.54, 1.807) is 6.20 Å². The smallest absolute Gasteiger partial charge is 0.310 e. The lowest BCUT2D eigenvalue weighted by molar-refractivity contribution is -0.147. The van der Waals surface area contributed by atoms with Crippen molar-refractivity contribution < 1.29 is 9.53 Å². The molecule has 0 aliphatic carbocycles. The average molecular weight is 255 g/mol. The second kappa shape index (κ2) is 6.69. The molecule has 1 heterocycles. The third-order valence-corrected chi connectivity index (χ3v) is 2.75. The predicted octanol–water partition coefficient (Wildman–Crippen LogP) is 2.80. The number of carbonyl (C=O) groups excluding carboxylic acids is 1. The normalized spacial score (nSPS) is 11.8. The van der Waals surface area contributed by atoms with Crippen LogP contribution in [0.5, 0.6) is 0 Å². The lowest BCUT2D eigenvalue weighted by atomic mass is 10.1. The number of esters is 1. The Balaban J connectivity index is 1.82. The van der Waals surface area contributed by atoms with Crippen molar-refractivity contribution in [3.05, 3.63) is 66.0 Å². The first kappa shape index (κ1) is 13.3. The predicted molar refractivity (Wildman–Crippen MR) is 73.6 cm³/mol. The van der Waals surface area contributed by atoms with Crippen molar-refractivity contribution in [3.63, 3.8) is 0 Å². The van der Waals surface area contributed by atoms with Crippen molar-refractivity contribution in [1.29, 1.82) is 0 Å². The van der Waals surface area contributed by atoms with Gasteiger partial charge in [0.25, 0.3) is 0 Å². The van der Waals surface area contributed by atoms with E-state index in [1.807, 2.05) is 55.5 Å². The first-order valence-electron chi connectivity index (χ1n) is 6.37. The van der Waals surface area contributed by atoms with Gasteiger partial charge in [0.2, 0.25) is 0 Å². The first-order valence-corrected chi connectivity index (χ1v) is 6.37. The van der Waals surface area contributed by atoms with Crippen LogP contribution in [-0.2, 0) is 22.4 Å². The van der Waals surface area contributed by atoms with E-state index in [4.69, 9.17) is 4.74 Å². The molecule has 1 aromatic carbocycles. The van der Waals surface area contributed by atoms with Crippen molar-refractivity contribution in [1.82, 2.24) is 4.98 Å². The number of nitrogens with zero attached hydrogens (tertiary/aromatic N) is 1. The zero-order valence-corrected chi connectivity index (χ0v) is 11.0. The van der Waals surface area contributed by atoms with Gasteiger partial charge in [-0.3, -0.25) is 9.78 Å². The van der Waals surface area contributed by atoms with Crippen molar-refractivity contribution in [2.45, 2.75) is 25.9 Å². The standard InChI is InChI=1S/C16H17NO2/c1-13(11-15-9-5-6-10-17-15)19-16(18)12-14-7-3-2-4-8-14/h2-10,13H,11-12H2,1H3. The number of benzene rings is 1. The summed E-state index contributed by atoms with van der Waals surface area (Å²) < 4.78 is 5.38. The van der Waals surface area contributed by atoms with Crippen LogP contribution in [0, 0.1) is 0 Å². The molecule has 0 fully saturated rings. The van der Waals surface area contributed by atoms with Gasteiger partial charge < -0.3 is 4.74 Å². The molecule has 0 spiro atoms. The van der Waals surface area contributed by atoms with Crippen molar-refractivity contribution in [2.75, 3.05) is 0 Å². The van der Waals surface area contributed by atoms with Gasteiger partial charge in [0, 0.05) is 18.3 Å². The van der Waals surface area contributed by atoms with Gasteiger partial charge in [0.05, 0.1) is 6.42 Å². The Morgan fingerprint density at radius 2 is 1.89 bits per heavy atom. The van der Waals surface area contributed by atoms with Crippen LogP contribution in [0.2, 0.25) is 0 Å². The molecule has 0 amide bonds. The van der Waals surface area contributed by atoms with Crippen LogP contribution in [0.25, 0.3) is 0 Å². The van der Waals surface area contributed by atoms with Gasteiger partial charge in [-0.1, -0.05) is 36.4 Å². The molecule has 2 rings (SSSR count). The Bertz CT molecular complexity index is 511. The molecule has 0 saturated heterocycles. The number of hydrogen-bond donors (Lipinski definition) is 0. The molecule has 0 aliphatic rings. The van der Waals surface area contributed by atoms with Crippen LogP contribution in [0.1, 0.15) is 18.2 Å². The highest BCUT2D eigenvalue weighted by molar-refractivity contribution is 5.72. The summed E-state index contributed by atoms with van der Waals surface area (Å²) in [5.74, 6) is -0.199. The second-order valence-corrected chi connectivity index (χ2v) is 4.49. The minimum absolute atomic E-state index is 0.161. The van der Waals surface area contributed by atoms with Gasteiger partial charge in [-0.25, -0.2) is 0 Å². The highest BCUT2D eigenvalue weighted by atomic mass is 16.5. The maximum Gasteiger partial charge on any atom is 0.310 e. The third kappa shape index (κ3) is 4.54. The molecule has 3 heteroatoms. The Morgan fingerprint density at radius 3 is 2.58 bits per heavy atom. The molecule has 3 nitrogen and oxygen atoms in total. The third-order valence-electron chi connectivity index (χ3n) is 2.75. The molecule has 1 atom stereocenters. The fourth-order valence-electron chi connectivity index (χ4n) is 1.88. The highest BCUT2D eigenvalue weighted by Gasteiger charge is 2.11. The fraction of sp³-hybridized carbons (Fsp3) is 0.250. The summed E-state index contributed by atoms with van der Waals surface area (Å²) in [6.45, 7) is 1.89. The van der Waals surface area contributed by atoms with Crippen LogP contribution < -0.4 is 0 Å². The minimum Gasteiger partial charge on any atom is -0.462 e. The molecule has 1 unspecified atom stereocenters. The zero-order chi connectivity index (χ0) is 13.5. The van der Waals surface area contributed by atoms with Crippen molar-refractivity contribution in [3.8, 4) is 0 Å². The van der Waals surface area contributed by atoms with E-state index in [2.05, 4.69) is 4.98 Å². The number of hydrogen-bond acceptors (Lipinski definition) is 3. The molecule has 1 aromatic heterocycles. The van der Waals surface area contributed by atoms with Gasteiger partial charge >= 0.3 is 5.97 Å². The van der Waals surface area contributed by atoms with Crippen LogP contribution in [0.3, 0.4) is 0 Å². The molecular formula is C16H17NO2. The maximum atomic E-state index is 11.8. The van der Waals surface area contributed by atoms with Gasteiger partial charge in [-0.05, 0) is 24.6 Å². The van der Waals surface area contributed by atoms with Crippen LogP contribution in [0.15, 0.2) is 54.7 Å². The minimum atomic E-state index is -0.199. The van der Waals surface area contributed by atoms with Crippen LogP contribution in [0.4, 0.5) is 0 Å². The SMILES string of the molecule is CC(Cc1ccccn1)OC(=O)Cc1ccccc1.